The fourth-order valence-corrected chi connectivity index (χ4v) is 1.94. The Morgan fingerprint density at radius 3 is 2.88 bits per heavy atom. The maximum Gasteiger partial charge on any atom is 0.251 e. The first-order valence-electron chi connectivity index (χ1n) is 5.34. The van der Waals surface area contributed by atoms with Crippen molar-refractivity contribution in [2.45, 2.75) is 6.92 Å². The Bertz CT molecular complexity index is 383. The molecule has 0 radical (unpaired) electrons. The van der Waals surface area contributed by atoms with E-state index in [2.05, 4.69) is 37.2 Å². The maximum atomic E-state index is 11.9. The largest absolute Gasteiger partial charge is 0.379 e. The van der Waals surface area contributed by atoms with Crippen LogP contribution in [-0.2, 0) is 4.74 Å². The summed E-state index contributed by atoms with van der Waals surface area (Å²) in [5, 5.41) is 3.64. The molecule has 5 heteroatoms. The molecule has 0 spiro atoms. The van der Waals surface area contributed by atoms with Crippen LogP contribution < -0.4 is 5.32 Å². The van der Waals surface area contributed by atoms with E-state index in [0.29, 0.717) is 25.3 Å². The number of alkyl halides is 1. The molecule has 0 atom stereocenters. The number of carbonyl (C=O) groups is 1. The highest BCUT2D eigenvalue weighted by Crippen LogP contribution is 2.19. The normalized spacial score (nSPS) is 10.3. The van der Waals surface area contributed by atoms with E-state index in [9.17, 15) is 4.79 Å². The third kappa shape index (κ3) is 4.77. The second-order valence-corrected chi connectivity index (χ2v) is 5.12. The Kier molecular flexibility index (Phi) is 6.77. The van der Waals surface area contributed by atoms with Gasteiger partial charge in [0, 0.05) is 21.9 Å². The molecule has 0 saturated carbocycles. The van der Waals surface area contributed by atoms with Gasteiger partial charge in [-0.05, 0) is 24.6 Å². The fraction of sp³-hybridized carbons (Fsp3) is 0.417. The first-order chi connectivity index (χ1) is 8.16. The van der Waals surface area contributed by atoms with Crippen LogP contribution in [0.3, 0.4) is 0 Å². The van der Waals surface area contributed by atoms with Crippen LogP contribution in [0.2, 0.25) is 0 Å². The van der Waals surface area contributed by atoms with Crippen LogP contribution >= 0.6 is 31.9 Å². The molecule has 0 unspecified atom stereocenters. The minimum Gasteiger partial charge on any atom is -0.379 e. The Hall–Kier alpha value is -0.390. The zero-order valence-corrected chi connectivity index (χ0v) is 12.8. The lowest BCUT2D eigenvalue weighted by Gasteiger charge is -2.08. The molecule has 1 aromatic carbocycles. The molecular weight excluding hydrogens is 350 g/mol. The standard InChI is InChI=1S/C12H15Br2NO2/c1-9-10(3-2-4-11(9)14)12(16)15-6-8-17-7-5-13/h2-4H,5-8H2,1H3,(H,15,16). The van der Waals surface area contributed by atoms with Gasteiger partial charge in [-0.2, -0.15) is 0 Å². The quantitative estimate of drug-likeness (QED) is 0.622. The van der Waals surface area contributed by atoms with E-state index in [4.69, 9.17) is 4.74 Å². The Labute approximate surface area is 118 Å². The molecule has 0 heterocycles. The summed E-state index contributed by atoms with van der Waals surface area (Å²) in [6.45, 7) is 3.63. The van der Waals surface area contributed by atoms with Crippen molar-refractivity contribution >= 4 is 37.8 Å². The SMILES string of the molecule is Cc1c(Br)cccc1C(=O)NCCOCCBr. The predicted octanol–water partition coefficient (Wildman–Crippen LogP) is 2.90. The van der Waals surface area contributed by atoms with Gasteiger partial charge >= 0.3 is 0 Å². The molecule has 1 rings (SSSR count). The highest BCUT2D eigenvalue weighted by molar-refractivity contribution is 9.10. The molecule has 3 nitrogen and oxygen atoms in total. The van der Waals surface area contributed by atoms with Crippen LogP contribution in [0.5, 0.6) is 0 Å². The first kappa shape index (κ1) is 14.7. The van der Waals surface area contributed by atoms with Crippen LogP contribution in [-0.4, -0.2) is 31.0 Å². The number of amides is 1. The van der Waals surface area contributed by atoms with Gasteiger partial charge in [0.25, 0.3) is 5.91 Å². The van der Waals surface area contributed by atoms with Gasteiger partial charge in [0.1, 0.15) is 0 Å². The third-order valence-corrected chi connectivity index (χ3v) is 3.45. The van der Waals surface area contributed by atoms with Gasteiger partial charge < -0.3 is 10.1 Å². The topological polar surface area (TPSA) is 38.3 Å². The van der Waals surface area contributed by atoms with Gasteiger partial charge in [0.15, 0.2) is 0 Å². The van der Waals surface area contributed by atoms with Crippen molar-refractivity contribution in [3.05, 3.63) is 33.8 Å². The molecule has 1 amide bonds. The van der Waals surface area contributed by atoms with E-state index in [1.54, 1.807) is 0 Å². The van der Waals surface area contributed by atoms with Crippen LogP contribution in [0.4, 0.5) is 0 Å². The van der Waals surface area contributed by atoms with Crippen LogP contribution in [0.25, 0.3) is 0 Å². The summed E-state index contributed by atoms with van der Waals surface area (Å²) in [5.41, 5.74) is 1.64. The number of carbonyl (C=O) groups excluding carboxylic acids is 1. The lowest BCUT2D eigenvalue weighted by Crippen LogP contribution is -2.28. The molecule has 0 saturated heterocycles. The first-order valence-corrected chi connectivity index (χ1v) is 7.25. The van der Waals surface area contributed by atoms with Crippen LogP contribution in [0.15, 0.2) is 22.7 Å². The molecule has 0 aliphatic heterocycles. The van der Waals surface area contributed by atoms with Crippen molar-refractivity contribution in [2.75, 3.05) is 25.1 Å². The van der Waals surface area contributed by atoms with Crippen LogP contribution in [0, 0.1) is 6.92 Å². The van der Waals surface area contributed by atoms with Gasteiger partial charge in [-0.1, -0.05) is 37.9 Å². The summed E-state index contributed by atoms with van der Waals surface area (Å²) in [6.07, 6.45) is 0. The molecule has 17 heavy (non-hydrogen) atoms. The third-order valence-electron chi connectivity index (χ3n) is 2.27. The number of hydrogen-bond acceptors (Lipinski definition) is 2. The Balaban J connectivity index is 2.44. The van der Waals surface area contributed by atoms with Crippen molar-refractivity contribution < 1.29 is 9.53 Å². The number of halogens is 2. The van der Waals surface area contributed by atoms with Crippen molar-refractivity contribution in [1.29, 1.82) is 0 Å². The van der Waals surface area contributed by atoms with Crippen LogP contribution in [0.1, 0.15) is 15.9 Å². The predicted molar refractivity (Wildman–Crippen MR) is 75.8 cm³/mol. The van der Waals surface area contributed by atoms with E-state index in [-0.39, 0.29) is 5.91 Å². The van der Waals surface area contributed by atoms with E-state index in [1.165, 1.54) is 0 Å². The summed E-state index contributed by atoms with van der Waals surface area (Å²) in [4.78, 5) is 11.9. The van der Waals surface area contributed by atoms with Gasteiger partial charge in [0.2, 0.25) is 0 Å². The molecule has 0 fully saturated rings. The minimum atomic E-state index is -0.0637. The summed E-state index contributed by atoms with van der Waals surface area (Å²) in [5.74, 6) is -0.0637. The highest BCUT2D eigenvalue weighted by atomic mass is 79.9. The number of benzene rings is 1. The zero-order chi connectivity index (χ0) is 12.7. The fourth-order valence-electron chi connectivity index (χ4n) is 1.34. The smallest absolute Gasteiger partial charge is 0.251 e. The number of nitrogens with one attached hydrogen (secondary N) is 1. The van der Waals surface area contributed by atoms with E-state index < -0.39 is 0 Å². The second-order valence-electron chi connectivity index (χ2n) is 3.47. The molecule has 0 aromatic heterocycles. The summed E-state index contributed by atoms with van der Waals surface area (Å²) in [6, 6.07) is 5.59. The van der Waals surface area contributed by atoms with Gasteiger partial charge in [-0.15, -0.1) is 0 Å². The molecule has 1 N–H and O–H groups in total. The number of hydrogen-bond donors (Lipinski definition) is 1. The highest BCUT2D eigenvalue weighted by Gasteiger charge is 2.09. The molecular formula is C12H15Br2NO2. The van der Waals surface area contributed by atoms with Crippen molar-refractivity contribution in [3.63, 3.8) is 0 Å². The zero-order valence-electron chi connectivity index (χ0n) is 9.63. The summed E-state index contributed by atoms with van der Waals surface area (Å²) < 4.78 is 6.20. The Morgan fingerprint density at radius 2 is 2.18 bits per heavy atom. The summed E-state index contributed by atoms with van der Waals surface area (Å²) in [7, 11) is 0. The minimum absolute atomic E-state index is 0.0637. The van der Waals surface area contributed by atoms with Gasteiger partial charge in [0.05, 0.1) is 13.2 Å². The van der Waals surface area contributed by atoms with Crippen molar-refractivity contribution in [1.82, 2.24) is 5.32 Å². The average Bonchev–Trinajstić information content (AvgIpc) is 2.32. The Morgan fingerprint density at radius 1 is 1.41 bits per heavy atom. The average molecular weight is 365 g/mol. The molecule has 1 aromatic rings. The van der Waals surface area contributed by atoms with Crippen molar-refractivity contribution in [3.8, 4) is 0 Å². The molecule has 0 bridgehead atoms. The lowest BCUT2D eigenvalue weighted by atomic mass is 10.1. The number of rotatable bonds is 6. The van der Waals surface area contributed by atoms with E-state index in [1.807, 2.05) is 25.1 Å². The van der Waals surface area contributed by atoms with Gasteiger partial charge in [-0.3, -0.25) is 4.79 Å². The lowest BCUT2D eigenvalue weighted by molar-refractivity contribution is 0.0923. The molecule has 94 valence electrons. The summed E-state index contributed by atoms with van der Waals surface area (Å²) >= 11 is 6.67. The van der Waals surface area contributed by atoms with E-state index in [0.717, 1.165) is 15.4 Å². The maximum absolute atomic E-state index is 11.9. The van der Waals surface area contributed by atoms with Gasteiger partial charge in [-0.25, -0.2) is 0 Å². The molecule has 0 aliphatic carbocycles. The number of ether oxygens (including phenoxy) is 1. The van der Waals surface area contributed by atoms with E-state index >= 15 is 0 Å². The van der Waals surface area contributed by atoms with Crippen molar-refractivity contribution in [2.24, 2.45) is 0 Å². The molecule has 0 aliphatic rings. The monoisotopic (exact) mass is 363 g/mol. The second kappa shape index (κ2) is 7.84.